The Bertz CT molecular complexity index is 283. The van der Waals surface area contributed by atoms with Crippen LogP contribution >= 0.6 is 15.9 Å². The molecule has 0 aliphatic heterocycles. The summed E-state index contributed by atoms with van der Waals surface area (Å²) < 4.78 is 0.669. The van der Waals surface area contributed by atoms with Gasteiger partial charge in [0.2, 0.25) is 0 Å². The van der Waals surface area contributed by atoms with Crippen LogP contribution in [0.4, 0.5) is 5.82 Å². The fourth-order valence-electron chi connectivity index (χ4n) is 0.766. The molecule has 0 saturated heterocycles. The third-order valence-electron chi connectivity index (χ3n) is 1.16. The molecule has 0 spiro atoms. The van der Waals surface area contributed by atoms with Crippen molar-refractivity contribution in [3.8, 4) is 6.07 Å². The van der Waals surface area contributed by atoms with Crippen LogP contribution in [0.1, 0.15) is 5.56 Å². The monoisotopic (exact) mass is 211 g/mol. The molecule has 0 amide bonds. The van der Waals surface area contributed by atoms with Crippen molar-refractivity contribution in [3.63, 3.8) is 0 Å². The molecule has 11 heavy (non-hydrogen) atoms. The lowest BCUT2D eigenvalue weighted by molar-refractivity contribution is 1.19. The Balaban J connectivity index is 3.01. The van der Waals surface area contributed by atoms with Crippen LogP contribution < -0.4 is 5.73 Å². The molecular weight excluding hydrogens is 206 g/mol. The van der Waals surface area contributed by atoms with E-state index in [4.69, 9.17) is 11.0 Å². The van der Waals surface area contributed by atoms with Crippen LogP contribution in [-0.2, 0) is 6.42 Å². The molecule has 0 atom stereocenters. The zero-order chi connectivity index (χ0) is 8.27. The molecule has 1 aromatic heterocycles. The van der Waals surface area contributed by atoms with E-state index in [1.54, 1.807) is 12.1 Å². The average Bonchev–Trinajstić information content (AvgIpc) is 1.85. The normalized spacial score (nSPS) is 9.09. The lowest BCUT2D eigenvalue weighted by atomic mass is 10.2. The molecule has 0 aliphatic rings. The van der Waals surface area contributed by atoms with Crippen molar-refractivity contribution in [2.24, 2.45) is 0 Å². The van der Waals surface area contributed by atoms with Crippen LogP contribution in [0.5, 0.6) is 0 Å². The molecule has 0 unspecified atom stereocenters. The van der Waals surface area contributed by atoms with Gasteiger partial charge in [-0.25, -0.2) is 4.98 Å². The van der Waals surface area contributed by atoms with Gasteiger partial charge in [-0.1, -0.05) is 0 Å². The van der Waals surface area contributed by atoms with Gasteiger partial charge in [0.05, 0.1) is 12.5 Å². The van der Waals surface area contributed by atoms with E-state index in [9.17, 15) is 0 Å². The van der Waals surface area contributed by atoms with E-state index in [1.165, 1.54) is 0 Å². The van der Waals surface area contributed by atoms with Crippen molar-refractivity contribution in [2.45, 2.75) is 6.42 Å². The highest BCUT2D eigenvalue weighted by Gasteiger charge is 1.96. The predicted molar refractivity (Wildman–Crippen MR) is 45.7 cm³/mol. The first-order valence-corrected chi connectivity index (χ1v) is 3.80. The Kier molecular flexibility index (Phi) is 2.44. The summed E-state index contributed by atoms with van der Waals surface area (Å²) in [6.45, 7) is 0. The summed E-state index contributed by atoms with van der Waals surface area (Å²) in [6, 6.07) is 5.50. The highest BCUT2D eigenvalue weighted by atomic mass is 79.9. The van der Waals surface area contributed by atoms with E-state index < -0.39 is 0 Å². The molecule has 0 bridgehead atoms. The number of anilines is 1. The number of hydrogen-bond donors (Lipinski definition) is 1. The standard InChI is InChI=1S/C7H6BrN3/c8-6-3-5(1-2-9)4-7(10)11-6/h3-4H,1H2,(H2,10,11). The highest BCUT2D eigenvalue weighted by molar-refractivity contribution is 9.10. The smallest absolute Gasteiger partial charge is 0.124 e. The quantitative estimate of drug-likeness (QED) is 0.717. The van der Waals surface area contributed by atoms with Gasteiger partial charge in [0.25, 0.3) is 0 Å². The largest absolute Gasteiger partial charge is 0.384 e. The van der Waals surface area contributed by atoms with Crippen molar-refractivity contribution in [1.29, 1.82) is 5.26 Å². The van der Waals surface area contributed by atoms with Gasteiger partial charge in [-0.15, -0.1) is 0 Å². The minimum Gasteiger partial charge on any atom is -0.384 e. The Morgan fingerprint density at radius 2 is 2.36 bits per heavy atom. The van der Waals surface area contributed by atoms with Crippen LogP contribution in [0.2, 0.25) is 0 Å². The molecule has 2 N–H and O–H groups in total. The number of nitrogen functional groups attached to an aromatic ring is 1. The average molecular weight is 212 g/mol. The van der Waals surface area contributed by atoms with Crippen molar-refractivity contribution < 1.29 is 0 Å². The lowest BCUT2D eigenvalue weighted by Crippen LogP contribution is -1.92. The molecule has 0 saturated carbocycles. The van der Waals surface area contributed by atoms with E-state index in [2.05, 4.69) is 20.9 Å². The van der Waals surface area contributed by atoms with Crippen molar-refractivity contribution in [3.05, 3.63) is 22.3 Å². The van der Waals surface area contributed by atoms with E-state index in [0.29, 0.717) is 16.8 Å². The maximum absolute atomic E-state index is 8.37. The summed E-state index contributed by atoms with van der Waals surface area (Å²) in [7, 11) is 0. The van der Waals surface area contributed by atoms with Gasteiger partial charge >= 0.3 is 0 Å². The fraction of sp³-hybridized carbons (Fsp3) is 0.143. The molecule has 0 aliphatic carbocycles. The zero-order valence-corrected chi connectivity index (χ0v) is 7.30. The molecule has 0 radical (unpaired) electrons. The van der Waals surface area contributed by atoms with Crippen LogP contribution in [0.3, 0.4) is 0 Å². The van der Waals surface area contributed by atoms with Gasteiger partial charge < -0.3 is 5.73 Å². The summed E-state index contributed by atoms with van der Waals surface area (Å²) in [6.07, 6.45) is 0.366. The minimum atomic E-state index is 0.366. The molecule has 56 valence electrons. The van der Waals surface area contributed by atoms with Gasteiger partial charge in [0.15, 0.2) is 0 Å². The number of hydrogen-bond acceptors (Lipinski definition) is 3. The van der Waals surface area contributed by atoms with Crippen LogP contribution in [0.25, 0.3) is 0 Å². The second-order valence-corrected chi connectivity index (χ2v) is 2.87. The second kappa shape index (κ2) is 3.35. The minimum absolute atomic E-state index is 0.366. The van der Waals surface area contributed by atoms with Crippen molar-refractivity contribution in [1.82, 2.24) is 4.98 Å². The summed E-state index contributed by atoms with van der Waals surface area (Å²) in [4.78, 5) is 3.90. The van der Waals surface area contributed by atoms with Gasteiger partial charge in [-0.2, -0.15) is 5.26 Å². The number of halogens is 1. The van der Waals surface area contributed by atoms with E-state index in [0.717, 1.165) is 5.56 Å². The first-order valence-electron chi connectivity index (χ1n) is 3.01. The molecule has 3 nitrogen and oxygen atoms in total. The SMILES string of the molecule is N#CCc1cc(N)nc(Br)c1. The Hall–Kier alpha value is -1.08. The van der Waals surface area contributed by atoms with Crippen molar-refractivity contribution >= 4 is 21.7 Å². The molecule has 4 heteroatoms. The first-order chi connectivity index (χ1) is 5.22. The predicted octanol–water partition coefficient (Wildman–Crippen LogP) is 1.49. The first kappa shape index (κ1) is 8.02. The van der Waals surface area contributed by atoms with Crippen LogP contribution in [0, 0.1) is 11.3 Å². The number of nitriles is 1. The number of nitrogens with two attached hydrogens (primary N) is 1. The number of nitrogens with zero attached hydrogens (tertiary/aromatic N) is 2. The molecular formula is C7H6BrN3. The van der Waals surface area contributed by atoms with E-state index >= 15 is 0 Å². The number of rotatable bonds is 1. The molecule has 1 rings (SSSR count). The van der Waals surface area contributed by atoms with E-state index in [1.807, 2.05) is 6.07 Å². The topological polar surface area (TPSA) is 62.7 Å². The maximum Gasteiger partial charge on any atom is 0.124 e. The van der Waals surface area contributed by atoms with Gasteiger partial charge in [0.1, 0.15) is 10.4 Å². The zero-order valence-electron chi connectivity index (χ0n) is 5.71. The summed E-state index contributed by atoms with van der Waals surface area (Å²) in [5.74, 6) is 0.435. The molecule has 1 heterocycles. The number of aromatic nitrogens is 1. The van der Waals surface area contributed by atoms with Gasteiger partial charge in [-0.3, -0.25) is 0 Å². The summed E-state index contributed by atoms with van der Waals surface area (Å²) >= 11 is 3.18. The van der Waals surface area contributed by atoms with Crippen LogP contribution in [0.15, 0.2) is 16.7 Å². The molecule has 0 aromatic carbocycles. The molecule has 1 aromatic rings. The lowest BCUT2D eigenvalue weighted by Gasteiger charge is -1.97. The highest BCUT2D eigenvalue weighted by Crippen LogP contribution is 2.12. The number of pyridine rings is 1. The van der Waals surface area contributed by atoms with Crippen LogP contribution in [-0.4, -0.2) is 4.98 Å². The van der Waals surface area contributed by atoms with Gasteiger partial charge in [0, 0.05) is 0 Å². The Labute approximate surface area is 73.0 Å². The maximum atomic E-state index is 8.37. The van der Waals surface area contributed by atoms with Crippen molar-refractivity contribution in [2.75, 3.05) is 5.73 Å². The summed E-state index contributed by atoms with van der Waals surface area (Å²) in [5.41, 5.74) is 6.32. The van der Waals surface area contributed by atoms with Gasteiger partial charge in [-0.05, 0) is 33.6 Å². The fourth-order valence-corrected chi connectivity index (χ4v) is 1.26. The Morgan fingerprint density at radius 3 is 2.91 bits per heavy atom. The third-order valence-corrected chi connectivity index (χ3v) is 1.56. The summed E-state index contributed by atoms with van der Waals surface area (Å²) in [5, 5.41) is 8.37. The molecule has 0 fully saturated rings. The van der Waals surface area contributed by atoms with E-state index in [-0.39, 0.29) is 0 Å². The second-order valence-electron chi connectivity index (χ2n) is 2.06. The third kappa shape index (κ3) is 2.20. The Morgan fingerprint density at radius 1 is 1.64 bits per heavy atom.